The van der Waals surface area contributed by atoms with Crippen molar-refractivity contribution in [3.05, 3.63) is 34.4 Å². The van der Waals surface area contributed by atoms with E-state index < -0.39 is 0 Å². The SMILES string of the molecule is CCOc1cc(/C=N\n2c(CC)n[nH]c2=S)ccc1OCC(C)C. The van der Waals surface area contributed by atoms with Crippen molar-refractivity contribution in [2.24, 2.45) is 11.0 Å². The number of aromatic amines is 1. The standard InChI is InChI=1S/C17H24N4O2S/c1-5-16-19-20-17(24)21(16)18-10-13-7-8-14(23-11-12(3)4)15(9-13)22-6-2/h7-10,12H,5-6,11H2,1-4H3,(H,20,24)/b18-10-. The van der Waals surface area contributed by atoms with E-state index in [1.807, 2.05) is 32.0 Å². The number of hydrogen-bond donors (Lipinski definition) is 1. The largest absolute Gasteiger partial charge is 0.490 e. The van der Waals surface area contributed by atoms with Crippen LogP contribution in [0.25, 0.3) is 0 Å². The predicted octanol–water partition coefficient (Wildman–Crippen LogP) is 3.82. The maximum Gasteiger partial charge on any atom is 0.216 e. The zero-order valence-corrected chi connectivity index (χ0v) is 15.4. The Hall–Kier alpha value is -2.15. The number of benzene rings is 1. The Labute approximate surface area is 147 Å². The number of hydrogen-bond acceptors (Lipinski definition) is 5. The zero-order chi connectivity index (χ0) is 17.5. The summed E-state index contributed by atoms with van der Waals surface area (Å²) in [6, 6.07) is 5.76. The third-order valence-electron chi connectivity index (χ3n) is 3.20. The van der Waals surface area contributed by atoms with Crippen molar-refractivity contribution >= 4 is 18.4 Å². The summed E-state index contributed by atoms with van der Waals surface area (Å²) in [5.41, 5.74) is 0.903. The Kier molecular flexibility index (Phi) is 6.54. The van der Waals surface area contributed by atoms with Gasteiger partial charge in [-0.05, 0) is 48.8 Å². The normalized spacial score (nSPS) is 11.4. The molecule has 0 saturated carbocycles. The summed E-state index contributed by atoms with van der Waals surface area (Å²) in [5.74, 6) is 2.71. The second-order valence-corrected chi connectivity index (χ2v) is 6.09. The number of aryl methyl sites for hydroxylation is 1. The lowest BCUT2D eigenvalue weighted by Gasteiger charge is -2.13. The quantitative estimate of drug-likeness (QED) is 0.582. The van der Waals surface area contributed by atoms with Gasteiger partial charge >= 0.3 is 0 Å². The average Bonchev–Trinajstić information content (AvgIpc) is 2.92. The molecule has 0 saturated heterocycles. The summed E-state index contributed by atoms with van der Waals surface area (Å²) in [6.45, 7) is 9.40. The van der Waals surface area contributed by atoms with Crippen LogP contribution in [0.3, 0.4) is 0 Å². The lowest BCUT2D eigenvalue weighted by atomic mass is 10.2. The van der Waals surface area contributed by atoms with Crippen LogP contribution < -0.4 is 9.47 Å². The van der Waals surface area contributed by atoms with Gasteiger partial charge in [-0.3, -0.25) is 5.10 Å². The summed E-state index contributed by atoms with van der Waals surface area (Å²) in [5, 5.41) is 11.3. The molecule has 0 amide bonds. The first kappa shape index (κ1) is 18.2. The Bertz CT molecular complexity index is 749. The molecule has 130 valence electrons. The molecule has 0 spiro atoms. The Morgan fingerprint density at radius 3 is 2.75 bits per heavy atom. The second kappa shape index (κ2) is 8.63. The van der Waals surface area contributed by atoms with Gasteiger partial charge in [0.15, 0.2) is 17.3 Å². The molecule has 0 aliphatic carbocycles. The van der Waals surface area contributed by atoms with Gasteiger partial charge in [0.25, 0.3) is 0 Å². The molecule has 0 aliphatic heterocycles. The number of nitrogens with one attached hydrogen (secondary N) is 1. The van der Waals surface area contributed by atoms with E-state index >= 15 is 0 Å². The van der Waals surface area contributed by atoms with Crippen LogP contribution in [0.1, 0.15) is 39.1 Å². The molecule has 24 heavy (non-hydrogen) atoms. The Morgan fingerprint density at radius 1 is 1.29 bits per heavy atom. The van der Waals surface area contributed by atoms with Crippen LogP contribution >= 0.6 is 12.2 Å². The van der Waals surface area contributed by atoms with E-state index in [1.165, 1.54) is 0 Å². The van der Waals surface area contributed by atoms with Crippen molar-refractivity contribution in [3.8, 4) is 11.5 Å². The van der Waals surface area contributed by atoms with Gasteiger partial charge < -0.3 is 9.47 Å². The highest BCUT2D eigenvalue weighted by Crippen LogP contribution is 2.28. The van der Waals surface area contributed by atoms with Crippen LogP contribution in [-0.4, -0.2) is 34.3 Å². The predicted molar refractivity (Wildman–Crippen MR) is 97.7 cm³/mol. The molecule has 0 radical (unpaired) electrons. The second-order valence-electron chi connectivity index (χ2n) is 5.70. The van der Waals surface area contributed by atoms with Crippen LogP contribution in [0.15, 0.2) is 23.3 Å². The number of nitrogens with zero attached hydrogens (tertiary/aromatic N) is 3. The van der Waals surface area contributed by atoms with Gasteiger partial charge in [-0.1, -0.05) is 20.8 Å². The summed E-state index contributed by atoms with van der Waals surface area (Å²) >= 11 is 5.19. The lowest BCUT2D eigenvalue weighted by Crippen LogP contribution is -2.06. The third kappa shape index (κ3) is 4.67. The van der Waals surface area contributed by atoms with E-state index in [4.69, 9.17) is 21.7 Å². The Morgan fingerprint density at radius 2 is 2.08 bits per heavy atom. The maximum atomic E-state index is 5.81. The van der Waals surface area contributed by atoms with E-state index in [2.05, 4.69) is 29.1 Å². The highest BCUT2D eigenvalue weighted by molar-refractivity contribution is 7.71. The molecule has 1 N–H and O–H groups in total. The highest BCUT2D eigenvalue weighted by atomic mass is 32.1. The zero-order valence-electron chi connectivity index (χ0n) is 14.6. The molecule has 7 heteroatoms. The van der Waals surface area contributed by atoms with E-state index in [1.54, 1.807) is 10.9 Å². The molecule has 0 atom stereocenters. The average molecular weight is 348 g/mol. The summed E-state index contributed by atoms with van der Waals surface area (Å²) in [7, 11) is 0. The third-order valence-corrected chi connectivity index (χ3v) is 3.46. The smallest absolute Gasteiger partial charge is 0.216 e. The van der Waals surface area contributed by atoms with Crippen molar-refractivity contribution in [1.82, 2.24) is 14.9 Å². The van der Waals surface area contributed by atoms with Gasteiger partial charge in [0.1, 0.15) is 0 Å². The number of aromatic nitrogens is 3. The molecule has 2 rings (SSSR count). The number of rotatable bonds is 8. The molecule has 1 heterocycles. The maximum absolute atomic E-state index is 5.81. The van der Waals surface area contributed by atoms with Crippen molar-refractivity contribution in [2.75, 3.05) is 13.2 Å². The first-order chi connectivity index (χ1) is 11.5. The van der Waals surface area contributed by atoms with E-state index in [0.717, 1.165) is 23.6 Å². The topological polar surface area (TPSA) is 64.4 Å². The van der Waals surface area contributed by atoms with Gasteiger partial charge in [0.2, 0.25) is 4.77 Å². The monoisotopic (exact) mass is 348 g/mol. The number of H-pyrrole nitrogens is 1. The minimum Gasteiger partial charge on any atom is -0.490 e. The van der Waals surface area contributed by atoms with Crippen molar-refractivity contribution in [1.29, 1.82) is 0 Å². The minimum absolute atomic E-state index is 0.455. The fourth-order valence-corrected chi connectivity index (χ4v) is 2.24. The van der Waals surface area contributed by atoms with Crippen molar-refractivity contribution in [3.63, 3.8) is 0 Å². The lowest BCUT2D eigenvalue weighted by molar-refractivity contribution is 0.248. The van der Waals surface area contributed by atoms with Crippen LogP contribution in [0.2, 0.25) is 0 Å². The summed E-state index contributed by atoms with van der Waals surface area (Å²) in [6.07, 6.45) is 2.48. The summed E-state index contributed by atoms with van der Waals surface area (Å²) in [4.78, 5) is 0. The van der Waals surface area contributed by atoms with Gasteiger partial charge in [0.05, 0.1) is 19.4 Å². The first-order valence-electron chi connectivity index (χ1n) is 8.15. The van der Waals surface area contributed by atoms with Gasteiger partial charge in [0, 0.05) is 6.42 Å². The van der Waals surface area contributed by atoms with Crippen LogP contribution in [0, 0.1) is 10.7 Å². The molecule has 1 aromatic carbocycles. The molecule has 6 nitrogen and oxygen atoms in total. The molecule has 1 aromatic heterocycles. The van der Waals surface area contributed by atoms with E-state index in [-0.39, 0.29) is 0 Å². The molecule has 0 bridgehead atoms. The van der Waals surface area contributed by atoms with E-state index in [0.29, 0.717) is 29.7 Å². The fourth-order valence-electron chi connectivity index (χ4n) is 2.05. The van der Waals surface area contributed by atoms with Crippen LogP contribution in [0.4, 0.5) is 0 Å². The van der Waals surface area contributed by atoms with Crippen molar-refractivity contribution in [2.45, 2.75) is 34.1 Å². The molecule has 0 unspecified atom stereocenters. The molecule has 0 aliphatic rings. The number of ether oxygens (including phenoxy) is 2. The summed E-state index contributed by atoms with van der Waals surface area (Å²) < 4.78 is 13.6. The van der Waals surface area contributed by atoms with Crippen LogP contribution in [-0.2, 0) is 6.42 Å². The van der Waals surface area contributed by atoms with Gasteiger partial charge in [-0.15, -0.1) is 0 Å². The van der Waals surface area contributed by atoms with Crippen molar-refractivity contribution < 1.29 is 9.47 Å². The molecule has 2 aromatic rings. The highest BCUT2D eigenvalue weighted by Gasteiger charge is 2.07. The van der Waals surface area contributed by atoms with E-state index in [9.17, 15) is 0 Å². The molecular weight excluding hydrogens is 324 g/mol. The first-order valence-corrected chi connectivity index (χ1v) is 8.56. The van der Waals surface area contributed by atoms with Gasteiger partial charge in [-0.2, -0.15) is 14.9 Å². The molecule has 0 fully saturated rings. The Balaban J connectivity index is 2.24. The minimum atomic E-state index is 0.455. The van der Waals surface area contributed by atoms with Gasteiger partial charge in [-0.25, -0.2) is 0 Å². The fraction of sp³-hybridized carbons (Fsp3) is 0.471. The van der Waals surface area contributed by atoms with Crippen LogP contribution in [0.5, 0.6) is 11.5 Å². The molecular formula is C17H24N4O2S.